The summed E-state index contributed by atoms with van der Waals surface area (Å²) in [6.45, 7) is 9.37. The maximum atomic E-state index is 14.2. The van der Waals surface area contributed by atoms with Gasteiger partial charge in [-0.1, -0.05) is 63.3 Å². The summed E-state index contributed by atoms with van der Waals surface area (Å²) in [6, 6.07) is 3.56. The van der Waals surface area contributed by atoms with Crippen LogP contribution in [0.1, 0.15) is 72.3 Å². The highest BCUT2D eigenvalue weighted by Gasteiger charge is 2.51. The number of hydrogen-bond donors (Lipinski definition) is 5. The predicted molar refractivity (Wildman–Crippen MR) is 192 cm³/mol. The first-order chi connectivity index (χ1) is 24.8. The van der Waals surface area contributed by atoms with Crippen LogP contribution in [0.5, 0.6) is 5.75 Å². The molecule has 1 aromatic carbocycles. The van der Waals surface area contributed by atoms with E-state index in [9.17, 15) is 29.4 Å². The SMILES string of the molecule is CC(=CCO)[C@@H]1CC=CC=C[C@@H]2OC3(C)CC[C@@H](C(=O)N[C@@H](C(C)C)C(=O)N[C@@H](Cc4cccc(O)c4)C(=O)N4CCCC(N4)C(=O)O1)[C@H](O3)[C@H]2C. The number of carbonyl (C=O) groups excluding carboxylic acids is 4. The molecule has 5 bridgehead atoms. The Bertz CT molecular complexity index is 1560. The Morgan fingerprint density at radius 2 is 1.88 bits per heavy atom. The summed E-state index contributed by atoms with van der Waals surface area (Å²) in [6.07, 6.45) is 9.99. The Hall–Kier alpha value is -4.04. The number of allylic oxidation sites excluding steroid dienone is 2. The van der Waals surface area contributed by atoms with Gasteiger partial charge in [-0.15, -0.1) is 0 Å². The molecule has 1 aromatic rings. The molecule has 3 fully saturated rings. The van der Waals surface area contributed by atoms with Gasteiger partial charge >= 0.3 is 5.97 Å². The number of carbonyl (C=O) groups is 4. The van der Waals surface area contributed by atoms with E-state index in [1.165, 1.54) is 17.1 Å². The van der Waals surface area contributed by atoms with Crippen LogP contribution in [0.3, 0.4) is 0 Å². The highest BCUT2D eigenvalue weighted by molar-refractivity contribution is 5.93. The van der Waals surface area contributed by atoms with Gasteiger partial charge in [0.25, 0.3) is 5.91 Å². The zero-order valence-corrected chi connectivity index (χ0v) is 30.7. The summed E-state index contributed by atoms with van der Waals surface area (Å²) >= 11 is 0. The van der Waals surface area contributed by atoms with E-state index < -0.39 is 59.8 Å². The second-order valence-corrected chi connectivity index (χ2v) is 14.9. The van der Waals surface area contributed by atoms with Gasteiger partial charge in [0.05, 0.1) is 24.7 Å². The fourth-order valence-corrected chi connectivity index (χ4v) is 7.41. The maximum Gasteiger partial charge on any atom is 0.325 e. The van der Waals surface area contributed by atoms with Crippen LogP contribution in [0.15, 0.2) is 60.2 Å². The largest absolute Gasteiger partial charge is 0.508 e. The van der Waals surface area contributed by atoms with Gasteiger partial charge in [0.2, 0.25) is 11.8 Å². The van der Waals surface area contributed by atoms with Crippen molar-refractivity contribution in [2.75, 3.05) is 13.2 Å². The molecule has 13 heteroatoms. The number of aliphatic hydroxyl groups excluding tert-OH is 1. The Labute approximate surface area is 305 Å². The number of amides is 3. The lowest BCUT2D eigenvalue weighted by atomic mass is 9.79. The molecule has 3 amide bonds. The van der Waals surface area contributed by atoms with E-state index >= 15 is 0 Å². The van der Waals surface area contributed by atoms with Crippen molar-refractivity contribution in [3.63, 3.8) is 0 Å². The number of aliphatic hydroxyl groups is 1. The first-order valence-corrected chi connectivity index (χ1v) is 18.4. The molecule has 284 valence electrons. The van der Waals surface area contributed by atoms with E-state index in [0.29, 0.717) is 43.2 Å². The van der Waals surface area contributed by atoms with E-state index in [1.54, 1.807) is 25.1 Å². The van der Waals surface area contributed by atoms with Crippen LogP contribution in [-0.4, -0.2) is 94.3 Å². The second-order valence-electron chi connectivity index (χ2n) is 14.9. The van der Waals surface area contributed by atoms with E-state index in [2.05, 4.69) is 16.1 Å². The quantitative estimate of drug-likeness (QED) is 0.225. The van der Waals surface area contributed by atoms with Gasteiger partial charge in [-0.05, 0) is 62.3 Å². The summed E-state index contributed by atoms with van der Waals surface area (Å²) in [5.41, 5.74) is 4.32. The smallest absolute Gasteiger partial charge is 0.325 e. The molecule has 0 spiro atoms. The van der Waals surface area contributed by atoms with Crippen molar-refractivity contribution >= 4 is 23.7 Å². The molecule has 0 aromatic heterocycles. The van der Waals surface area contributed by atoms with Gasteiger partial charge in [0, 0.05) is 31.7 Å². The van der Waals surface area contributed by atoms with E-state index in [4.69, 9.17) is 14.2 Å². The summed E-state index contributed by atoms with van der Waals surface area (Å²) in [7, 11) is 0. The van der Waals surface area contributed by atoms with Crippen molar-refractivity contribution in [3.8, 4) is 5.75 Å². The minimum absolute atomic E-state index is 0.0155. The minimum atomic E-state index is -1.10. The molecule has 0 saturated carbocycles. The first kappa shape index (κ1) is 39.2. The average molecular weight is 723 g/mol. The molecule has 5 rings (SSSR count). The number of esters is 1. The summed E-state index contributed by atoms with van der Waals surface area (Å²) < 4.78 is 18.7. The predicted octanol–water partition coefficient (Wildman–Crippen LogP) is 2.97. The van der Waals surface area contributed by atoms with Gasteiger partial charge in [0.1, 0.15) is 30.0 Å². The first-order valence-electron chi connectivity index (χ1n) is 18.4. The molecule has 4 aliphatic rings. The van der Waals surface area contributed by atoms with Crippen molar-refractivity contribution in [1.29, 1.82) is 0 Å². The third-order valence-corrected chi connectivity index (χ3v) is 10.5. The zero-order chi connectivity index (χ0) is 37.6. The normalized spacial score (nSPS) is 33.9. The lowest BCUT2D eigenvalue weighted by molar-refractivity contribution is -0.344. The Balaban J connectivity index is 1.49. The highest BCUT2D eigenvalue weighted by atomic mass is 16.7. The van der Waals surface area contributed by atoms with E-state index in [1.807, 2.05) is 52.0 Å². The molecule has 13 nitrogen and oxygen atoms in total. The van der Waals surface area contributed by atoms with Gasteiger partial charge in [-0.3, -0.25) is 24.2 Å². The zero-order valence-electron chi connectivity index (χ0n) is 30.7. The number of nitrogens with zero attached hydrogens (tertiary/aromatic N) is 1. The van der Waals surface area contributed by atoms with Crippen LogP contribution in [0.4, 0.5) is 0 Å². The number of fused-ring (bicyclic) bond motifs is 4. The van der Waals surface area contributed by atoms with Crippen molar-refractivity contribution in [1.82, 2.24) is 21.1 Å². The Morgan fingerprint density at radius 3 is 2.62 bits per heavy atom. The molecule has 2 unspecified atom stereocenters. The van der Waals surface area contributed by atoms with Crippen LogP contribution in [-0.2, 0) is 39.8 Å². The van der Waals surface area contributed by atoms with Crippen LogP contribution in [0, 0.1) is 17.8 Å². The molecule has 5 N–H and O–H groups in total. The Kier molecular flexibility index (Phi) is 13.0. The molecule has 0 radical (unpaired) electrons. The van der Waals surface area contributed by atoms with Crippen molar-refractivity contribution in [2.24, 2.45) is 17.8 Å². The van der Waals surface area contributed by atoms with Crippen LogP contribution < -0.4 is 16.1 Å². The molecular formula is C39H54N4O9. The fourth-order valence-electron chi connectivity index (χ4n) is 7.41. The number of ether oxygens (including phenoxy) is 3. The third kappa shape index (κ3) is 9.49. The molecule has 4 aliphatic heterocycles. The fraction of sp³-hybridized carbons (Fsp3) is 0.590. The monoisotopic (exact) mass is 722 g/mol. The van der Waals surface area contributed by atoms with Crippen molar-refractivity contribution in [3.05, 3.63) is 65.8 Å². The number of nitrogens with one attached hydrogen (secondary N) is 3. The summed E-state index contributed by atoms with van der Waals surface area (Å²) in [5, 5.41) is 26.9. The van der Waals surface area contributed by atoms with Gasteiger partial charge < -0.3 is 35.1 Å². The third-order valence-electron chi connectivity index (χ3n) is 10.5. The number of hydrazine groups is 1. The topological polar surface area (TPSA) is 176 Å². The number of rotatable bonds is 5. The maximum absolute atomic E-state index is 14.2. The lowest BCUT2D eigenvalue weighted by Crippen LogP contribution is -2.63. The summed E-state index contributed by atoms with van der Waals surface area (Å²) in [4.78, 5) is 55.8. The minimum Gasteiger partial charge on any atom is -0.508 e. The standard InChI is InChI=1S/C39H54N4O9/c1-23(2)33-36(47)40-30(22-26-11-9-12-27(45)21-26)37(48)43-19-10-13-29(42-43)38(49)50-31(24(3)17-20-44)14-7-6-8-15-32-25(4)34-28(35(46)41-33)16-18-39(5,51-32)52-34/h6-9,11-12,15,17,21,23,25,28-34,42,44-45H,10,13-14,16,18-20,22H2,1-5H3,(H,40,47)(H,41,46)/t25-,28+,29?,30-,31-,32-,33-,34+,39?/m0/s1. The highest BCUT2D eigenvalue weighted by Crippen LogP contribution is 2.44. The average Bonchev–Trinajstić information content (AvgIpc) is 3.10. The molecule has 4 heterocycles. The number of phenols is 1. The summed E-state index contributed by atoms with van der Waals surface area (Å²) in [5.74, 6) is -3.74. The van der Waals surface area contributed by atoms with Crippen molar-refractivity contribution < 1.29 is 43.6 Å². The molecule has 0 aliphatic carbocycles. The van der Waals surface area contributed by atoms with E-state index in [-0.39, 0.29) is 49.2 Å². The Morgan fingerprint density at radius 1 is 1.10 bits per heavy atom. The molecule has 3 saturated heterocycles. The van der Waals surface area contributed by atoms with Crippen LogP contribution >= 0.6 is 0 Å². The number of cyclic esters (lactones) is 1. The van der Waals surface area contributed by atoms with Crippen LogP contribution in [0.25, 0.3) is 0 Å². The van der Waals surface area contributed by atoms with Gasteiger partial charge in [0.15, 0.2) is 5.79 Å². The number of hydrogen-bond acceptors (Lipinski definition) is 10. The molecule has 52 heavy (non-hydrogen) atoms. The lowest BCUT2D eigenvalue weighted by Gasteiger charge is -2.51. The van der Waals surface area contributed by atoms with E-state index in [0.717, 1.165) is 0 Å². The number of phenolic OH excluding ortho intramolecular Hbond substituents is 1. The number of aromatic hydroxyl groups is 1. The number of benzene rings is 1. The molecule has 9 atom stereocenters. The van der Waals surface area contributed by atoms with Crippen LogP contribution in [0.2, 0.25) is 0 Å². The van der Waals surface area contributed by atoms with Crippen molar-refractivity contribution in [2.45, 2.75) is 115 Å². The van der Waals surface area contributed by atoms with Gasteiger partial charge in [-0.25, -0.2) is 5.43 Å². The molecular weight excluding hydrogens is 668 g/mol. The van der Waals surface area contributed by atoms with Gasteiger partial charge in [-0.2, -0.15) is 0 Å². The second kappa shape index (κ2) is 17.2.